The van der Waals surface area contributed by atoms with Crippen LogP contribution in [-0.2, 0) is 0 Å². The van der Waals surface area contributed by atoms with E-state index >= 15 is 0 Å². The fourth-order valence-corrected chi connectivity index (χ4v) is 3.79. The van der Waals surface area contributed by atoms with E-state index in [1.165, 1.54) is 10.8 Å². The number of hydrogen-bond donors (Lipinski definition) is 0. The monoisotopic (exact) mass is 380 g/mol. The Bertz CT molecular complexity index is 951. The Hall–Kier alpha value is -2.28. The normalized spacial score (nSPS) is 11.2. The second-order valence-electron chi connectivity index (χ2n) is 6.03. The molecule has 0 amide bonds. The molecule has 0 saturated heterocycles. The minimum absolute atomic E-state index is 0.461. The molecule has 0 aliphatic carbocycles. The van der Waals surface area contributed by atoms with Crippen molar-refractivity contribution >= 4 is 40.1 Å². The summed E-state index contributed by atoms with van der Waals surface area (Å²) in [6, 6.07) is 28.6. The third-order valence-electron chi connectivity index (χ3n) is 4.18. The number of halogens is 1. The van der Waals surface area contributed by atoms with Crippen molar-refractivity contribution in [1.82, 2.24) is 0 Å². The van der Waals surface area contributed by atoms with Crippen molar-refractivity contribution in [2.24, 2.45) is 0 Å². The van der Waals surface area contributed by atoms with Crippen molar-refractivity contribution in [1.29, 1.82) is 0 Å². The summed E-state index contributed by atoms with van der Waals surface area (Å²) in [7, 11) is -0.887. The van der Waals surface area contributed by atoms with Crippen LogP contribution in [0.5, 0.6) is 11.5 Å². The van der Waals surface area contributed by atoms with Crippen LogP contribution in [0.15, 0.2) is 84.9 Å². The summed E-state index contributed by atoms with van der Waals surface area (Å²) < 4.78 is 11.7. The summed E-state index contributed by atoms with van der Waals surface area (Å²) in [4.78, 5) is 0. The van der Waals surface area contributed by atoms with Gasteiger partial charge in [0.05, 0.1) is 7.27 Å². The zero-order valence-corrected chi connectivity index (χ0v) is 15.8. The molecule has 26 heavy (non-hydrogen) atoms. The number of hydrogen-bond acceptors (Lipinski definition) is 2. The number of benzene rings is 4. The molecule has 0 aliphatic rings. The van der Waals surface area contributed by atoms with E-state index in [2.05, 4.69) is 36.4 Å². The van der Waals surface area contributed by atoms with Crippen molar-refractivity contribution in [3.8, 4) is 11.5 Å². The molecule has 0 heterocycles. The number of ether oxygens (including phenoxy) is 2. The van der Waals surface area contributed by atoms with Crippen molar-refractivity contribution in [2.45, 2.75) is 0 Å². The lowest BCUT2D eigenvalue weighted by molar-refractivity contribution is 0.367. The van der Waals surface area contributed by atoms with E-state index in [1.54, 1.807) is 0 Å². The average Bonchev–Trinajstić information content (AvgIpc) is 2.70. The molecule has 2 nitrogen and oxygen atoms in total. The molecule has 0 aromatic heterocycles. The van der Waals surface area contributed by atoms with Crippen LogP contribution in [0.25, 0.3) is 21.5 Å². The van der Waals surface area contributed by atoms with Crippen molar-refractivity contribution in [2.75, 3.05) is 12.7 Å². The third kappa shape index (κ3) is 4.09. The van der Waals surface area contributed by atoms with E-state index < -0.39 is 7.27 Å². The predicted molar refractivity (Wildman–Crippen MR) is 112 cm³/mol. The van der Waals surface area contributed by atoms with E-state index in [4.69, 9.17) is 20.7 Å². The lowest BCUT2D eigenvalue weighted by Gasteiger charge is -2.13. The summed E-state index contributed by atoms with van der Waals surface area (Å²) in [6.45, 7) is 0. The van der Waals surface area contributed by atoms with Crippen LogP contribution >= 0.6 is 18.5 Å². The van der Waals surface area contributed by atoms with Gasteiger partial charge in [-0.05, 0) is 45.8 Å². The lowest BCUT2D eigenvalue weighted by Crippen LogP contribution is -2.00. The molecule has 4 rings (SSSR count). The first kappa shape index (κ1) is 17.1. The van der Waals surface area contributed by atoms with Gasteiger partial charge in [0.25, 0.3) is 0 Å². The second kappa shape index (κ2) is 7.95. The zero-order valence-electron chi connectivity index (χ0n) is 14.1. The highest BCUT2D eigenvalue weighted by atomic mass is 35.7. The molecule has 0 fully saturated rings. The van der Waals surface area contributed by atoms with Crippen LogP contribution in [0.3, 0.4) is 0 Å². The maximum atomic E-state index is 6.43. The molecule has 0 saturated carbocycles. The first-order valence-electron chi connectivity index (χ1n) is 8.42. The Labute approximate surface area is 158 Å². The van der Waals surface area contributed by atoms with Gasteiger partial charge in [-0.3, -0.25) is 0 Å². The molecular weight excluding hydrogens is 363 g/mol. The van der Waals surface area contributed by atoms with Gasteiger partial charge in [-0.25, -0.2) is 0 Å². The molecule has 4 aromatic rings. The van der Waals surface area contributed by atoms with E-state index in [0.717, 1.165) is 22.3 Å². The van der Waals surface area contributed by atoms with Gasteiger partial charge in [0.15, 0.2) is 0 Å². The van der Waals surface area contributed by atoms with Crippen LogP contribution < -0.4 is 9.47 Å². The summed E-state index contributed by atoms with van der Waals surface area (Å²) in [5.41, 5.74) is 0. The Morgan fingerprint density at radius 1 is 0.577 bits per heavy atom. The predicted octanol–water partition coefficient (Wildman–Crippen LogP) is 7.00. The Morgan fingerprint density at radius 3 is 1.46 bits per heavy atom. The number of rotatable bonds is 6. The van der Waals surface area contributed by atoms with Gasteiger partial charge in [0.1, 0.15) is 24.2 Å². The number of fused-ring (bicyclic) bond motifs is 2. The van der Waals surface area contributed by atoms with Crippen LogP contribution in [-0.4, -0.2) is 12.7 Å². The maximum Gasteiger partial charge on any atom is 0.124 e. The van der Waals surface area contributed by atoms with Crippen molar-refractivity contribution in [3.63, 3.8) is 0 Å². The highest BCUT2D eigenvalue weighted by molar-refractivity contribution is 7.83. The topological polar surface area (TPSA) is 18.5 Å². The van der Waals surface area contributed by atoms with Crippen LogP contribution in [0.1, 0.15) is 0 Å². The third-order valence-corrected chi connectivity index (χ3v) is 5.59. The summed E-state index contributed by atoms with van der Waals surface area (Å²) in [6.07, 6.45) is 0.922. The second-order valence-corrected chi connectivity index (χ2v) is 8.90. The lowest BCUT2D eigenvalue weighted by atomic mass is 10.1. The van der Waals surface area contributed by atoms with Gasteiger partial charge < -0.3 is 9.47 Å². The molecule has 0 unspecified atom stereocenters. The van der Waals surface area contributed by atoms with Crippen molar-refractivity contribution < 1.29 is 9.47 Å². The molecule has 0 spiro atoms. The Kier molecular flexibility index (Phi) is 5.24. The SMILES string of the molecule is ClP(COc1ccc2ccccc2c1)COc1ccc2ccccc2c1. The minimum Gasteiger partial charge on any atom is -0.488 e. The Morgan fingerprint density at radius 2 is 1.00 bits per heavy atom. The van der Waals surface area contributed by atoms with Gasteiger partial charge in [0, 0.05) is 0 Å². The van der Waals surface area contributed by atoms with Gasteiger partial charge >= 0.3 is 0 Å². The highest BCUT2D eigenvalue weighted by Crippen LogP contribution is 2.41. The quantitative estimate of drug-likeness (QED) is 0.335. The van der Waals surface area contributed by atoms with Crippen LogP contribution in [0.4, 0.5) is 0 Å². The van der Waals surface area contributed by atoms with E-state index in [1.807, 2.05) is 48.5 Å². The smallest absolute Gasteiger partial charge is 0.124 e. The molecule has 0 radical (unpaired) electrons. The summed E-state index contributed by atoms with van der Waals surface area (Å²) >= 11 is 6.43. The molecule has 0 bridgehead atoms. The largest absolute Gasteiger partial charge is 0.488 e. The van der Waals surface area contributed by atoms with Gasteiger partial charge in [-0.15, -0.1) is 0 Å². The molecule has 4 heteroatoms. The van der Waals surface area contributed by atoms with Gasteiger partial charge in [-0.2, -0.15) is 0 Å². The van der Waals surface area contributed by atoms with E-state index in [-0.39, 0.29) is 0 Å². The summed E-state index contributed by atoms with van der Waals surface area (Å²) in [5, 5.41) is 4.73. The van der Waals surface area contributed by atoms with E-state index in [9.17, 15) is 0 Å². The molecule has 0 atom stereocenters. The van der Waals surface area contributed by atoms with Crippen molar-refractivity contribution in [3.05, 3.63) is 84.9 Å². The molecule has 0 N–H and O–H groups in total. The van der Waals surface area contributed by atoms with Gasteiger partial charge in [-0.1, -0.05) is 71.9 Å². The average molecular weight is 381 g/mol. The molecular formula is C22H18ClO2P. The first-order chi connectivity index (χ1) is 12.8. The fourth-order valence-electron chi connectivity index (χ4n) is 2.84. The van der Waals surface area contributed by atoms with E-state index in [0.29, 0.717) is 12.7 Å². The standard InChI is InChI=1S/C22H18ClO2P/c23-26(15-24-21-11-9-17-5-1-3-7-19(17)13-21)16-25-22-12-10-18-6-2-4-8-20(18)14-22/h1-14H,15-16H2. The molecule has 4 aromatic carbocycles. The molecule has 0 aliphatic heterocycles. The fraction of sp³-hybridized carbons (Fsp3) is 0.0909. The highest BCUT2D eigenvalue weighted by Gasteiger charge is 2.08. The summed E-state index contributed by atoms with van der Waals surface area (Å²) in [5.74, 6) is 1.67. The Balaban J connectivity index is 1.33. The maximum absolute atomic E-state index is 6.43. The first-order valence-corrected chi connectivity index (χ1v) is 11.0. The zero-order chi connectivity index (χ0) is 17.8. The van der Waals surface area contributed by atoms with Crippen LogP contribution in [0, 0.1) is 0 Å². The molecule has 130 valence electrons. The minimum atomic E-state index is -0.887. The van der Waals surface area contributed by atoms with Crippen LogP contribution in [0.2, 0.25) is 0 Å². The van der Waals surface area contributed by atoms with Gasteiger partial charge in [0.2, 0.25) is 0 Å².